The smallest absolute Gasteiger partial charge is 0.0355 e. The maximum Gasteiger partial charge on any atom is 0.0355 e. The molecule has 0 bridgehead atoms. The molecular weight excluding hydrogens is 194 g/mol. The van der Waals surface area contributed by atoms with Crippen molar-refractivity contribution in [1.29, 1.82) is 0 Å². The van der Waals surface area contributed by atoms with Crippen LogP contribution in [-0.2, 0) is 0 Å². The van der Waals surface area contributed by atoms with Crippen LogP contribution >= 0.6 is 0 Å². The van der Waals surface area contributed by atoms with Gasteiger partial charge in [-0.25, -0.2) is 0 Å². The molecule has 0 saturated heterocycles. The van der Waals surface area contributed by atoms with Gasteiger partial charge < -0.3 is 5.73 Å². The molecule has 2 aliphatic carbocycles. The van der Waals surface area contributed by atoms with Crippen LogP contribution in [0.3, 0.4) is 0 Å². The molecule has 2 aliphatic rings. The third-order valence-electron chi connectivity index (χ3n) is 4.23. The summed E-state index contributed by atoms with van der Waals surface area (Å²) in [6.07, 6.45) is 9.03. The lowest BCUT2D eigenvalue weighted by Gasteiger charge is -2.27. The van der Waals surface area contributed by atoms with Crippen LogP contribution < -0.4 is 5.73 Å². The summed E-state index contributed by atoms with van der Waals surface area (Å²) >= 11 is 0. The first-order valence-corrected chi connectivity index (χ1v) is 6.90. The van der Waals surface area contributed by atoms with Gasteiger partial charge in [-0.15, -0.1) is 5.73 Å². The first-order valence-electron chi connectivity index (χ1n) is 6.90. The molecule has 1 nitrogen and oxygen atoms in total. The summed E-state index contributed by atoms with van der Waals surface area (Å²) in [5, 5.41) is 0. The van der Waals surface area contributed by atoms with Gasteiger partial charge in [0.2, 0.25) is 0 Å². The average Bonchev–Trinajstić information content (AvgIpc) is 2.25. The monoisotopic (exact) mass is 219 g/mol. The van der Waals surface area contributed by atoms with Crippen LogP contribution in [-0.4, -0.2) is 6.04 Å². The van der Waals surface area contributed by atoms with Gasteiger partial charge in [0.1, 0.15) is 0 Å². The molecule has 2 saturated carbocycles. The van der Waals surface area contributed by atoms with Crippen molar-refractivity contribution < 1.29 is 0 Å². The second kappa shape index (κ2) is 5.21. The highest BCUT2D eigenvalue weighted by Gasteiger charge is 2.22. The molecule has 0 aromatic rings. The molecule has 0 aromatic carbocycles. The normalized spacial score (nSPS) is 36.1. The maximum atomic E-state index is 6.26. The zero-order valence-electron chi connectivity index (χ0n) is 10.8. The molecule has 0 aliphatic heterocycles. The second-order valence-corrected chi connectivity index (χ2v) is 5.85. The second-order valence-electron chi connectivity index (χ2n) is 5.85. The summed E-state index contributed by atoms with van der Waals surface area (Å²) in [6, 6.07) is 0.276. The Hall–Kier alpha value is -0.520. The molecule has 0 heterocycles. The molecule has 2 rings (SSSR count). The molecule has 3 unspecified atom stereocenters. The van der Waals surface area contributed by atoms with Crippen LogP contribution in [0.15, 0.2) is 16.9 Å². The lowest BCUT2D eigenvalue weighted by molar-refractivity contribution is 0.399. The van der Waals surface area contributed by atoms with Crippen LogP contribution in [0, 0.1) is 11.8 Å². The van der Waals surface area contributed by atoms with E-state index in [1.165, 1.54) is 50.5 Å². The molecule has 2 fully saturated rings. The summed E-state index contributed by atoms with van der Waals surface area (Å²) in [7, 11) is 0. The Bertz CT molecular complexity index is 309. The molecule has 2 N–H and O–H groups in total. The van der Waals surface area contributed by atoms with Gasteiger partial charge in [-0.2, -0.15) is 0 Å². The predicted octanol–water partition coefficient (Wildman–Crippen LogP) is 3.80. The molecule has 0 aromatic heterocycles. The molecule has 3 atom stereocenters. The Labute approximate surface area is 99.8 Å². The van der Waals surface area contributed by atoms with E-state index in [9.17, 15) is 0 Å². The topological polar surface area (TPSA) is 26.0 Å². The zero-order chi connectivity index (χ0) is 11.5. The Morgan fingerprint density at radius 2 is 1.88 bits per heavy atom. The highest BCUT2D eigenvalue weighted by molar-refractivity contribution is 5.18. The first-order chi connectivity index (χ1) is 7.66. The highest BCUT2D eigenvalue weighted by atomic mass is 14.7. The Balaban J connectivity index is 2.17. The zero-order valence-corrected chi connectivity index (χ0v) is 10.8. The molecular formula is C15H25N. The van der Waals surface area contributed by atoms with E-state index in [2.05, 4.69) is 19.6 Å². The van der Waals surface area contributed by atoms with E-state index in [0.29, 0.717) is 5.92 Å². The van der Waals surface area contributed by atoms with Crippen molar-refractivity contribution in [3.8, 4) is 0 Å². The third-order valence-corrected chi connectivity index (χ3v) is 4.23. The van der Waals surface area contributed by atoms with Crippen LogP contribution in [0.5, 0.6) is 0 Å². The minimum Gasteiger partial charge on any atom is -0.323 e. The SMILES string of the molecule is CC1CCCC(=C=C2CCCC(C)C2N)C1. The summed E-state index contributed by atoms with van der Waals surface area (Å²) in [6.45, 7) is 4.63. The van der Waals surface area contributed by atoms with Crippen molar-refractivity contribution in [2.75, 3.05) is 0 Å². The lowest BCUT2D eigenvalue weighted by Crippen LogP contribution is -2.33. The summed E-state index contributed by atoms with van der Waals surface area (Å²) < 4.78 is 0. The summed E-state index contributed by atoms with van der Waals surface area (Å²) in [4.78, 5) is 0. The fourth-order valence-electron chi connectivity index (χ4n) is 3.08. The number of rotatable bonds is 0. The van der Waals surface area contributed by atoms with Crippen molar-refractivity contribution >= 4 is 0 Å². The first kappa shape index (κ1) is 12.0. The standard InChI is InChI=1S/C15H25N/c1-11-5-3-7-13(9-11)10-14-8-4-6-12(2)15(14)16/h11-12,15H,3-9,16H2,1-2H3. The van der Waals surface area contributed by atoms with Gasteiger partial charge in [0.05, 0.1) is 0 Å². The molecule has 0 spiro atoms. The van der Waals surface area contributed by atoms with Crippen molar-refractivity contribution in [2.24, 2.45) is 17.6 Å². The fourth-order valence-corrected chi connectivity index (χ4v) is 3.08. The van der Waals surface area contributed by atoms with Gasteiger partial charge in [0, 0.05) is 6.04 Å². The van der Waals surface area contributed by atoms with Crippen molar-refractivity contribution in [3.63, 3.8) is 0 Å². The van der Waals surface area contributed by atoms with Gasteiger partial charge in [0.25, 0.3) is 0 Å². The van der Waals surface area contributed by atoms with E-state index in [0.717, 1.165) is 5.92 Å². The minimum absolute atomic E-state index is 0.276. The van der Waals surface area contributed by atoms with Crippen LogP contribution in [0.2, 0.25) is 0 Å². The van der Waals surface area contributed by atoms with Crippen molar-refractivity contribution in [3.05, 3.63) is 16.9 Å². The lowest BCUT2D eigenvalue weighted by atomic mass is 9.81. The van der Waals surface area contributed by atoms with Gasteiger partial charge in [-0.1, -0.05) is 20.3 Å². The largest absolute Gasteiger partial charge is 0.323 e. The Morgan fingerprint density at radius 1 is 1.12 bits per heavy atom. The quantitative estimate of drug-likeness (QED) is 0.616. The van der Waals surface area contributed by atoms with Crippen molar-refractivity contribution in [1.82, 2.24) is 0 Å². The number of nitrogens with two attached hydrogens (primary N) is 1. The van der Waals surface area contributed by atoms with E-state index in [4.69, 9.17) is 5.73 Å². The van der Waals surface area contributed by atoms with E-state index in [1.807, 2.05) is 0 Å². The Morgan fingerprint density at radius 3 is 2.62 bits per heavy atom. The summed E-state index contributed by atoms with van der Waals surface area (Å²) in [5.41, 5.74) is 12.9. The van der Waals surface area contributed by atoms with Gasteiger partial charge in [-0.05, 0) is 61.5 Å². The molecule has 0 radical (unpaired) electrons. The van der Waals surface area contributed by atoms with E-state index >= 15 is 0 Å². The van der Waals surface area contributed by atoms with Crippen LogP contribution in [0.4, 0.5) is 0 Å². The van der Waals surface area contributed by atoms with Gasteiger partial charge in [-0.3, -0.25) is 0 Å². The molecule has 90 valence electrons. The van der Waals surface area contributed by atoms with E-state index < -0.39 is 0 Å². The Kier molecular flexibility index (Phi) is 3.89. The molecule has 1 heteroatoms. The number of hydrogen-bond acceptors (Lipinski definition) is 1. The highest BCUT2D eigenvalue weighted by Crippen LogP contribution is 2.30. The van der Waals surface area contributed by atoms with Crippen molar-refractivity contribution in [2.45, 2.75) is 64.8 Å². The third kappa shape index (κ3) is 2.78. The minimum atomic E-state index is 0.276. The van der Waals surface area contributed by atoms with E-state index in [1.54, 1.807) is 5.57 Å². The van der Waals surface area contributed by atoms with Crippen LogP contribution in [0.25, 0.3) is 0 Å². The number of hydrogen-bond donors (Lipinski definition) is 1. The van der Waals surface area contributed by atoms with Crippen LogP contribution in [0.1, 0.15) is 58.8 Å². The summed E-state index contributed by atoms with van der Waals surface area (Å²) in [5.74, 6) is 1.51. The van der Waals surface area contributed by atoms with Gasteiger partial charge >= 0.3 is 0 Å². The predicted molar refractivity (Wildman–Crippen MR) is 69.2 cm³/mol. The fraction of sp³-hybridized carbons (Fsp3) is 0.800. The maximum absolute atomic E-state index is 6.26. The van der Waals surface area contributed by atoms with E-state index in [-0.39, 0.29) is 6.04 Å². The molecule has 0 amide bonds. The van der Waals surface area contributed by atoms with Gasteiger partial charge in [0.15, 0.2) is 0 Å². The average molecular weight is 219 g/mol. The molecule has 16 heavy (non-hydrogen) atoms.